The third kappa shape index (κ3) is 3.34. The molecule has 0 saturated carbocycles. The number of imidazole rings is 1. The van der Waals surface area contributed by atoms with Gasteiger partial charge in [0.25, 0.3) is 5.56 Å². The van der Waals surface area contributed by atoms with Crippen LogP contribution in [0.2, 0.25) is 0 Å². The number of rotatable bonds is 3. The molecule has 4 aromatic heterocycles. The van der Waals surface area contributed by atoms with Crippen LogP contribution in [0.1, 0.15) is 36.9 Å². The molecule has 0 unspecified atom stereocenters. The van der Waals surface area contributed by atoms with Crippen molar-refractivity contribution in [2.24, 2.45) is 0 Å². The van der Waals surface area contributed by atoms with Crippen molar-refractivity contribution < 1.29 is 0 Å². The monoisotopic (exact) mass is 387 g/mol. The molecule has 0 aliphatic carbocycles. The Hall–Kier alpha value is -2.99. The van der Waals surface area contributed by atoms with Crippen molar-refractivity contribution in [3.63, 3.8) is 0 Å². The Bertz CT molecular complexity index is 1250. The first-order valence-electron chi connectivity index (χ1n) is 10.3. The molecule has 6 nitrogen and oxygen atoms in total. The number of piperidine rings is 1. The lowest BCUT2D eigenvalue weighted by Gasteiger charge is -2.31. The van der Waals surface area contributed by atoms with Crippen LogP contribution in [0.25, 0.3) is 22.6 Å². The lowest BCUT2D eigenvalue weighted by Crippen LogP contribution is -2.32. The lowest BCUT2D eigenvalue weighted by molar-refractivity contribution is 0.222. The van der Waals surface area contributed by atoms with Crippen molar-refractivity contribution in [1.29, 1.82) is 0 Å². The molecule has 0 radical (unpaired) electrons. The Morgan fingerprint density at radius 2 is 1.86 bits per heavy atom. The molecule has 5 heterocycles. The van der Waals surface area contributed by atoms with E-state index in [1.807, 2.05) is 48.1 Å². The van der Waals surface area contributed by atoms with Crippen molar-refractivity contribution in [3.8, 4) is 11.3 Å². The fraction of sp³-hybridized carbons (Fsp3) is 0.348. The zero-order chi connectivity index (χ0) is 20.0. The van der Waals surface area contributed by atoms with Crippen LogP contribution in [0.4, 0.5) is 0 Å². The predicted molar refractivity (Wildman–Crippen MR) is 114 cm³/mol. The maximum Gasteiger partial charge on any atom is 0.258 e. The topological polar surface area (TPSA) is 54.9 Å². The molecular formula is C23H25N5O. The van der Waals surface area contributed by atoms with Crippen LogP contribution in [0.5, 0.6) is 0 Å². The summed E-state index contributed by atoms with van der Waals surface area (Å²) in [5, 5.41) is 0. The van der Waals surface area contributed by atoms with Gasteiger partial charge in [0.05, 0.1) is 11.4 Å². The molecule has 0 N–H and O–H groups in total. The van der Waals surface area contributed by atoms with Crippen molar-refractivity contribution in [3.05, 3.63) is 70.5 Å². The van der Waals surface area contributed by atoms with Gasteiger partial charge in [0.15, 0.2) is 0 Å². The molecule has 4 aromatic rings. The second-order valence-electron chi connectivity index (χ2n) is 7.94. The average Bonchev–Trinajstić information content (AvgIpc) is 3.12. The van der Waals surface area contributed by atoms with Gasteiger partial charge in [0.1, 0.15) is 11.3 Å². The van der Waals surface area contributed by atoms with Gasteiger partial charge in [-0.25, -0.2) is 9.97 Å². The van der Waals surface area contributed by atoms with E-state index in [4.69, 9.17) is 4.98 Å². The minimum absolute atomic E-state index is 0.0442. The minimum Gasteiger partial charge on any atom is -0.307 e. The van der Waals surface area contributed by atoms with Gasteiger partial charge in [-0.3, -0.25) is 9.20 Å². The third-order valence-electron chi connectivity index (χ3n) is 6.07. The number of hydrogen-bond donors (Lipinski definition) is 0. The first kappa shape index (κ1) is 18.1. The van der Waals surface area contributed by atoms with Crippen LogP contribution in [0, 0.1) is 6.92 Å². The van der Waals surface area contributed by atoms with Gasteiger partial charge in [-0.2, -0.15) is 0 Å². The first-order chi connectivity index (χ1) is 14.1. The molecule has 1 aliphatic rings. The SMILES string of the molecule is CCN1CCC(c2ccc3nc(-c4ccn5cc(C)nc5c4)cc(=O)n3c2)CC1. The Morgan fingerprint density at radius 1 is 1.03 bits per heavy atom. The summed E-state index contributed by atoms with van der Waals surface area (Å²) in [6, 6.07) is 9.69. The van der Waals surface area contributed by atoms with Crippen LogP contribution in [0.15, 0.2) is 53.7 Å². The Morgan fingerprint density at radius 3 is 2.66 bits per heavy atom. The normalized spacial score (nSPS) is 16.1. The van der Waals surface area contributed by atoms with E-state index in [1.54, 1.807) is 10.5 Å². The van der Waals surface area contributed by atoms with Gasteiger partial charge in [0.2, 0.25) is 0 Å². The van der Waals surface area contributed by atoms with Crippen LogP contribution in [-0.4, -0.2) is 43.3 Å². The minimum atomic E-state index is -0.0442. The number of hydrogen-bond acceptors (Lipinski definition) is 4. The molecule has 0 aromatic carbocycles. The maximum absolute atomic E-state index is 12.9. The van der Waals surface area contributed by atoms with E-state index in [1.165, 1.54) is 5.56 Å². The van der Waals surface area contributed by atoms with Crippen LogP contribution in [0.3, 0.4) is 0 Å². The van der Waals surface area contributed by atoms with Crippen molar-refractivity contribution in [2.45, 2.75) is 32.6 Å². The molecular weight excluding hydrogens is 362 g/mol. The summed E-state index contributed by atoms with van der Waals surface area (Å²) >= 11 is 0. The highest BCUT2D eigenvalue weighted by atomic mass is 16.1. The van der Waals surface area contributed by atoms with Gasteiger partial charge in [-0.05, 0) is 69.1 Å². The van der Waals surface area contributed by atoms with Gasteiger partial charge in [-0.1, -0.05) is 13.0 Å². The van der Waals surface area contributed by atoms with E-state index >= 15 is 0 Å². The van der Waals surface area contributed by atoms with E-state index in [-0.39, 0.29) is 5.56 Å². The Labute approximate surface area is 169 Å². The zero-order valence-electron chi connectivity index (χ0n) is 16.9. The highest BCUT2D eigenvalue weighted by Gasteiger charge is 2.20. The molecule has 0 amide bonds. The molecule has 0 spiro atoms. The number of nitrogens with zero attached hydrogens (tertiary/aromatic N) is 5. The first-order valence-corrected chi connectivity index (χ1v) is 10.3. The number of pyridine rings is 2. The lowest BCUT2D eigenvalue weighted by atomic mass is 9.90. The second-order valence-corrected chi connectivity index (χ2v) is 7.94. The molecule has 1 aliphatic heterocycles. The van der Waals surface area contributed by atoms with E-state index in [2.05, 4.69) is 22.9 Å². The number of fused-ring (bicyclic) bond motifs is 2. The summed E-state index contributed by atoms with van der Waals surface area (Å²) in [6.07, 6.45) is 8.21. The van der Waals surface area contributed by atoms with E-state index < -0.39 is 0 Å². The fourth-order valence-electron chi connectivity index (χ4n) is 4.36. The standard InChI is InChI=1S/C23H25N5O/c1-3-26-9-6-17(7-10-26)19-4-5-21-25-20(13-23(29)28(21)15-19)18-8-11-27-14-16(2)24-22(27)12-18/h4-5,8,11-15,17H,3,6-7,9-10H2,1-2H3. The van der Waals surface area contributed by atoms with Gasteiger partial charge in [-0.15, -0.1) is 0 Å². The summed E-state index contributed by atoms with van der Waals surface area (Å²) in [6.45, 7) is 7.55. The largest absolute Gasteiger partial charge is 0.307 e. The fourth-order valence-corrected chi connectivity index (χ4v) is 4.36. The molecule has 0 bridgehead atoms. The van der Waals surface area contributed by atoms with Crippen molar-refractivity contribution in [2.75, 3.05) is 19.6 Å². The number of aryl methyl sites for hydroxylation is 1. The summed E-state index contributed by atoms with van der Waals surface area (Å²) in [7, 11) is 0. The molecule has 1 saturated heterocycles. The Balaban J connectivity index is 1.50. The highest BCUT2D eigenvalue weighted by molar-refractivity contribution is 5.65. The maximum atomic E-state index is 12.9. The third-order valence-corrected chi connectivity index (χ3v) is 6.07. The van der Waals surface area contributed by atoms with Crippen LogP contribution < -0.4 is 5.56 Å². The van der Waals surface area contributed by atoms with Gasteiger partial charge in [0, 0.05) is 30.2 Å². The van der Waals surface area contributed by atoms with E-state index in [0.717, 1.165) is 49.4 Å². The molecule has 5 rings (SSSR count). The van der Waals surface area contributed by atoms with Crippen LogP contribution >= 0.6 is 0 Å². The second kappa shape index (κ2) is 7.12. The molecule has 1 fully saturated rings. The van der Waals surface area contributed by atoms with Crippen molar-refractivity contribution in [1.82, 2.24) is 23.7 Å². The quantitative estimate of drug-likeness (QED) is 0.540. The highest BCUT2D eigenvalue weighted by Crippen LogP contribution is 2.28. The van der Waals surface area contributed by atoms with E-state index in [0.29, 0.717) is 17.3 Å². The molecule has 0 atom stereocenters. The molecule has 6 heteroatoms. The molecule has 29 heavy (non-hydrogen) atoms. The van der Waals surface area contributed by atoms with Crippen LogP contribution in [-0.2, 0) is 0 Å². The summed E-state index contributed by atoms with van der Waals surface area (Å²) in [4.78, 5) is 24.6. The number of aromatic nitrogens is 4. The zero-order valence-corrected chi connectivity index (χ0v) is 16.9. The average molecular weight is 387 g/mol. The molecule has 148 valence electrons. The van der Waals surface area contributed by atoms with Gasteiger partial charge >= 0.3 is 0 Å². The summed E-state index contributed by atoms with van der Waals surface area (Å²) in [5.74, 6) is 0.514. The summed E-state index contributed by atoms with van der Waals surface area (Å²) in [5.41, 5.74) is 5.28. The predicted octanol–water partition coefficient (Wildman–Crippen LogP) is 3.52. The Kier molecular flexibility index (Phi) is 4.43. The number of likely N-dealkylation sites (tertiary alicyclic amines) is 1. The van der Waals surface area contributed by atoms with E-state index in [9.17, 15) is 4.79 Å². The van der Waals surface area contributed by atoms with Crippen molar-refractivity contribution >= 4 is 11.3 Å². The van der Waals surface area contributed by atoms with Gasteiger partial charge < -0.3 is 9.30 Å². The smallest absolute Gasteiger partial charge is 0.258 e. The summed E-state index contributed by atoms with van der Waals surface area (Å²) < 4.78 is 3.66.